The van der Waals surface area contributed by atoms with Crippen LogP contribution in [-0.4, -0.2) is 9.97 Å². The van der Waals surface area contributed by atoms with Crippen LogP contribution in [0.25, 0.3) is 0 Å². The summed E-state index contributed by atoms with van der Waals surface area (Å²) >= 11 is 6.13. The lowest BCUT2D eigenvalue weighted by atomic mass is 10.3. The third-order valence-corrected chi connectivity index (χ3v) is 1.49. The zero-order chi connectivity index (χ0) is 8.97. The molecule has 0 saturated carbocycles. The Balaban J connectivity index is 3.11. The van der Waals surface area contributed by atoms with Crippen LogP contribution in [-0.2, 0) is 11.2 Å². The van der Waals surface area contributed by atoms with Crippen LogP contribution in [0.3, 0.4) is 0 Å². The van der Waals surface area contributed by atoms with Crippen LogP contribution in [0.2, 0.25) is 5.28 Å². The van der Waals surface area contributed by atoms with Gasteiger partial charge in [-0.2, -0.15) is 0 Å². The molecule has 0 spiro atoms. The van der Waals surface area contributed by atoms with Crippen molar-refractivity contribution in [2.24, 2.45) is 0 Å². The Hall–Kier alpha value is -0.940. The Morgan fingerprint density at radius 3 is 2.92 bits per heavy atom. The van der Waals surface area contributed by atoms with Gasteiger partial charge in [-0.3, -0.25) is 0 Å². The van der Waals surface area contributed by atoms with Crippen LogP contribution < -0.4 is 0 Å². The van der Waals surface area contributed by atoms with E-state index < -0.39 is 0 Å². The molecule has 0 amide bonds. The summed E-state index contributed by atoms with van der Waals surface area (Å²) in [5.41, 5.74) is 6.58. The highest BCUT2D eigenvalue weighted by atomic mass is 35.5. The molecule has 12 heavy (non-hydrogen) atoms. The second-order valence-electron chi connectivity index (χ2n) is 2.03. The number of thiol groups is 1. The van der Waals surface area contributed by atoms with E-state index in [2.05, 4.69) is 21.1 Å². The van der Waals surface area contributed by atoms with Gasteiger partial charge in [0.05, 0.1) is 0 Å². The molecule has 0 saturated heterocycles. The summed E-state index contributed by atoms with van der Waals surface area (Å²) in [4.78, 5) is 7.79. The van der Waals surface area contributed by atoms with E-state index >= 15 is 0 Å². The van der Waals surface area contributed by atoms with E-state index in [9.17, 15) is 0 Å². The first kappa shape index (κ1) is 9.15. The van der Waals surface area contributed by atoms with Crippen LogP contribution in [0.15, 0.2) is 6.07 Å². The normalized spacial score (nSPS) is 8.75. The number of aromatic nitrogens is 2. The Labute approximate surface area is 79.6 Å². The van der Waals surface area contributed by atoms with E-state index in [1.165, 1.54) is 0 Å². The van der Waals surface area contributed by atoms with Gasteiger partial charge < -0.3 is 16.9 Å². The van der Waals surface area contributed by atoms with Gasteiger partial charge in [-0.05, 0) is 24.6 Å². The highest BCUT2D eigenvalue weighted by molar-refractivity contribution is 7.72. The molecule has 2 nitrogen and oxygen atoms in total. The van der Waals surface area contributed by atoms with Gasteiger partial charge in [-0.25, -0.2) is 15.2 Å². The van der Waals surface area contributed by atoms with E-state index in [1.807, 2.05) is 6.92 Å². The quantitative estimate of drug-likeness (QED) is 0.270. The largest absolute Gasteiger partial charge is 0.401 e. The number of aryl methyl sites for hydroxylation is 1. The topological polar surface area (TPSA) is 25.8 Å². The highest BCUT2D eigenvalue weighted by Gasteiger charge is 1.94. The molecule has 1 heterocycles. The zero-order valence-electron chi connectivity index (χ0n) is 6.37. The minimum Gasteiger partial charge on any atom is -0.401 e. The molecule has 1 aromatic heterocycles. The van der Waals surface area contributed by atoms with Crippen LogP contribution >= 0.6 is 11.6 Å². The van der Waals surface area contributed by atoms with Crippen molar-refractivity contribution in [1.29, 1.82) is 0 Å². The molecule has 0 atom stereocenters. The van der Waals surface area contributed by atoms with E-state index in [0.717, 1.165) is 5.69 Å². The number of hydrogen-bond acceptors (Lipinski definition) is 3. The van der Waals surface area contributed by atoms with E-state index in [1.54, 1.807) is 6.07 Å². The lowest BCUT2D eigenvalue weighted by Crippen LogP contribution is -1.89. The molecule has 62 valence electrons. The smallest absolute Gasteiger partial charge is 0.223 e. The first-order valence-corrected chi connectivity index (χ1v) is 4.48. The van der Waals surface area contributed by atoms with Crippen LogP contribution in [0.5, 0.6) is 0 Å². The van der Waals surface area contributed by atoms with Crippen molar-refractivity contribution in [2.75, 3.05) is 0 Å². The third-order valence-electron chi connectivity index (χ3n) is 1.08. The monoisotopic (exact) mass is 197 g/mol. The first-order chi connectivity index (χ1) is 5.72. The predicted molar refractivity (Wildman–Crippen MR) is 52.4 cm³/mol. The fourth-order valence-electron chi connectivity index (χ4n) is 0.686. The van der Waals surface area contributed by atoms with Gasteiger partial charge in [0.2, 0.25) is 5.28 Å². The second kappa shape index (κ2) is 4.18. The fraction of sp³-hybridized carbons (Fsp3) is 0.125. The molecule has 0 aliphatic carbocycles. The van der Waals surface area contributed by atoms with Crippen LogP contribution in [0.1, 0.15) is 11.4 Å². The Morgan fingerprint density at radius 2 is 2.33 bits per heavy atom. The van der Waals surface area contributed by atoms with Crippen molar-refractivity contribution in [1.82, 2.24) is 9.97 Å². The molecule has 0 unspecified atom stereocenters. The minimum absolute atomic E-state index is 0.216. The molecule has 0 radical (unpaired) electrons. The summed E-state index contributed by atoms with van der Waals surface area (Å²) < 4.78 is 0. The van der Waals surface area contributed by atoms with Gasteiger partial charge in [0.25, 0.3) is 0 Å². The first-order valence-electron chi connectivity index (χ1n) is 3.14. The summed E-state index contributed by atoms with van der Waals surface area (Å²) in [6.45, 7) is 1.83. The summed E-state index contributed by atoms with van der Waals surface area (Å²) in [6.07, 6.45) is 0. The van der Waals surface area contributed by atoms with E-state index in [4.69, 9.17) is 17.3 Å². The van der Waals surface area contributed by atoms with Gasteiger partial charge in [-0.1, -0.05) is 5.92 Å². The summed E-state index contributed by atoms with van der Waals surface area (Å²) in [5.74, 6) is 2.75. The van der Waals surface area contributed by atoms with Gasteiger partial charge in [0.15, 0.2) is 0 Å². The molecule has 0 aromatic carbocycles. The maximum atomic E-state index is 5.61. The lowest BCUT2D eigenvalue weighted by Gasteiger charge is -1.94. The van der Waals surface area contributed by atoms with Crippen molar-refractivity contribution in [3.05, 3.63) is 22.7 Å². The van der Waals surface area contributed by atoms with Gasteiger partial charge >= 0.3 is 0 Å². The fourth-order valence-corrected chi connectivity index (χ4v) is 1.09. The average Bonchev–Trinajstić information content (AvgIpc) is 1.99. The third kappa shape index (κ3) is 2.60. The Bertz CT molecular complexity index is 377. The van der Waals surface area contributed by atoms with Crippen molar-refractivity contribution in [3.8, 4) is 16.9 Å². The average molecular weight is 198 g/mol. The number of halogens is 1. The standard InChI is InChI=1S/C8H6ClN2S/c1-6-5-7(3-4-12-2)11-8(9)10-6/h2,5,12H,1H3/q-1. The van der Waals surface area contributed by atoms with Crippen molar-refractivity contribution < 1.29 is 0 Å². The molecule has 0 aliphatic heterocycles. The molecule has 1 rings (SSSR count). The van der Waals surface area contributed by atoms with Crippen LogP contribution in [0, 0.1) is 23.8 Å². The molecular weight excluding hydrogens is 192 g/mol. The zero-order valence-corrected chi connectivity index (χ0v) is 8.02. The summed E-state index contributed by atoms with van der Waals surface area (Å²) in [6, 6.07) is 1.75. The van der Waals surface area contributed by atoms with Gasteiger partial charge in [0.1, 0.15) is 5.69 Å². The minimum atomic E-state index is 0.216. The molecule has 0 bridgehead atoms. The van der Waals surface area contributed by atoms with Crippen molar-refractivity contribution >= 4 is 22.8 Å². The summed E-state index contributed by atoms with van der Waals surface area (Å²) in [5, 5.41) is 2.89. The molecule has 4 heteroatoms. The Morgan fingerprint density at radius 1 is 1.58 bits per heavy atom. The second-order valence-corrected chi connectivity index (χ2v) is 2.85. The maximum absolute atomic E-state index is 5.61. The number of nitrogens with zero attached hydrogens (tertiary/aromatic N) is 2. The van der Waals surface area contributed by atoms with Gasteiger partial charge in [0, 0.05) is 5.69 Å². The van der Waals surface area contributed by atoms with Gasteiger partial charge in [-0.15, -0.1) is 0 Å². The SMILES string of the molecule is C#[SH-]C#Cc1cc(C)nc(Cl)n1. The number of rotatable bonds is 0. The predicted octanol–water partition coefficient (Wildman–Crippen LogP) is 1.15. The number of hydrogen-bond donors (Lipinski definition) is 0. The Kier molecular flexibility index (Phi) is 3.19. The lowest BCUT2D eigenvalue weighted by molar-refractivity contribution is 1.09. The molecule has 0 aliphatic rings. The molecular formula is C8H6ClN2S-. The van der Waals surface area contributed by atoms with E-state index in [-0.39, 0.29) is 5.28 Å². The van der Waals surface area contributed by atoms with Crippen molar-refractivity contribution in [2.45, 2.75) is 6.92 Å². The molecule has 0 fully saturated rings. The summed E-state index contributed by atoms with van der Waals surface area (Å²) in [7, 11) is 0. The van der Waals surface area contributed by atoms with Crippen LogP contribution in [0.4, 0.5) is 0 Å². The maximum Gasteiger partial charge on any atom is 0.223 e. The molecule has 0 N–H and O–H groups in total. The molecule has 1 aromatic rings. The van der Waals surface area contributed by atoms with E-state index in [0.29, 0.717) is 16.9 Å². The highest BCUT2D eigenvalue weighted by Crippen LogP contribution is 2.03. The van der Waals surface area contributed by atoms with Crippen molar-refractivity contribution in [3.63, 3.8) is 0 Å².